The lowest BCUT2D eigenvalue weighted by Crippen LogP contribution is -2.50. The summed E-state index contributed by atoms with van der Waals surface area (Å²) in [6.45, 7) is 1.52. The van der Waals surface area contributed by atoms with Crippen molar-refractivity contribution in [1.82, 2.24) is 10.3 Å². The zero-order valence-electron chi connectivity index (χ0n) is 12.7. The fraction of sp³-hybridized carbons (Fsp3) is 0.250. The number of benzene rings is 1. The Kier molecular flexibility index (Phi) is 4.58. The summed E-state index contributed by atoms with van der Waals surface area (Å²) < 4.78 is 56.2. The van der Waals surface area contributed by atoms with Crippen LogP contribution in [0.3, 0.4) is 0 Å². The summed E-state index contributed by atoms with van der Waals surface area (Å²) in [5.74, 6) is -2.65. The quantitative estimate of drug-likeness (QED) is 0.828. The summed E-state index contributed by atoms with van der Waals surface area (Å²) in [4.78, 5) is 15.0. The van der Waals surface area contributed by atoms with E-state index in [9.17, 15) is 22.4 Å². The molecular formula is C16H13F4N3O2. The van der Waals surface area contributed by atoms with Gasteiger partial charge in [0.1, 0.15) is 17.7 Å². The van der Waals surface area contributed by atoms with E-state index in [1.807, 2.05) is 0 Å². The van der Waals surface area contributed by atoms with Crippen molar-refractivity contribution in [3.05, 3.63) is 42.3 Å². The van der Waals surface area contributed by atoms with Gasteiger partial charge in [0.15, 0.2) is 0 Å². The molecule has 1 aromatic carbocycles. The van der Waals surface area contributed by atoms with Crippen molar-refractivity contribution < 1.29 is 27.1 Å². The molecular weight excluding hydrogens is 342 g/mol. The normalized spacial score (nSPS) is 14.7. The second-order valence-corrected chi connectivity index (χ2v) is 5.42. The van der Waals surface area contributed by atoms with E-state index in [0.29, 0.717) is 17.0 Å². The molecule has 9 heteroatoms. The number of hydrogen-bond donors (Lipinski definition) is 2. The number of rotatable bonds is 4. The maximum absolute atomic E-state index is 13.9. The lowest BCUT2D eigenvalue weighted by molar-refractivity contribution is -0.167. The van der Waals surface area contributed by atoms with Crippen LogP contribution in [0.4, 0.5) is 23.2 Å². The third-order valence-electron chi connectivity index (χ3n) is 3.55. The highest BCUT2D eigenvalue weighted by molar-refractivity contribution is 5.95. The first kappa shape index (κ1) is 17.2. The van der Waals surface area contributed by atoms with Gasteiger partial charge in [-0.05, 0) is 24.3 Å². The average molecular weight is 355 g/mol. The van der Waals surface area contributed by atoms with E-state index in [4.69, 9.17) is 4.74 Å². The van der Waals surface area contributed by atoms with E-state index in [1.54, 1.807) is 12.1 Å². The van der Waals surface area contributed by atoms with Crippen molar-refractivity contribution in [2.24, 2.45) is 0 Å². The number of carbonyl (C=O) groups is 1. The van der Waals surface area contributed by atoms with Gasteiger partial charge >= 0.3 is 12.1 Å². The Morgan fingerprint density at radius 1 is 1.24 bits per heavy atom. The minimum atomic E-state index is -5.08. The molecule has 25 heavy (non-hydrogen) atoms. The van der Waals surface area contributed by atoms with E-state index in [-0.39, 0.29) is 6.10 Å². The number of hydrogen-bond acceptors (Lipinski definition) is 4. The summed E-state index contributed by atoms with van der Waals surface area (Å²) in [5, 5.41) is 4.55. The number of halogens is 4. The molecule has 1 fully saturated rings. The molecule has 0 saturated carbocycles. The van der Waals surface area contributed by atoms with Gasteiger partial charge in [-0.15, -0.1) is 0 Å². The first-order valence-corrected chi connectivity index (χ1v) is 7.34. The van der Waals surface area contributed by atoms with E-state index in [0.717, 1.165) is 25.2 Å². The molecule has 1 saturated heterocycles. The first-order valence-electron chi connectivity index (χ1n) is 7.34. The van der Waals surface area contributed by atoms with E-state index in [2.05, 4.69) is 10.3 Å². The molecule has 5 nitrogen and oxygen atoms in total. The molecule has 132 valence electrons. The Balaban J connectivity index is 1.72. The van der Waals surface area contributed by atoms with Crippen LogP contribution in [0.2, 0.25) is 0 Å². The van der Waals surface area contributed by atoms with Crippen LogP contribution in [0.15, 0.2) is 36.5 Å². The predicted molar refractivity (Wildman–Crippen MR) is 81.6 cm³/mol. The molecule has 2 aromatic rings. The Morgan fingerprint density at radius 3 is 2.52 bits per heavy atom. The number of carbonyl (C=O) groups excluding carboxylic acids is 1. The predicted octanol–water partition coefficient (Wildman–Crippen LogP) is 2.74. The summed E-state index contributed by atoms with van der Waals surface area (Å²) in [6.07, 6.45) is -3.50. The number of anilines is 1. The van der Waals surface area contributed by atoms with Gasteiger partial charge < -0.3 is 15.4 Å². The number of ether oxygens (including phenoxy) is 1. The van der Waals surface area contributed by atoms with Crippen LogP contribution in [-0.2, 0) is 4.79 Å². The number of alkyl halides is 3. The topological polar surface area (TPSA) is 63.2 Å². The van der Waals surface area contributed by atoms with Crippen molar-refractivity contribution in [3.8, 4) is 17.0 Å². The largest absolute Gasteiger partial charge is 0.486 e. The zero-order valence-corrected chi connectivity index (χ0v) is 12.7. The van der Waals surface area contributed by atoms with Crippen molar-refractivity contribution in [2.75, 3.05) is 18.4 Å². The Morgan fingerprint density at radius 2 is 2.00 bits per heavy atom. The smallest absolute Gasteiger partial charge is 0.471 e. The molecule has 0 bridgehead atoms. The van der Waals surface area contributed by atoms with Crippen LogP contribution in [-0.4, -0.2) is 36.3 Å². The molecule has 1 aliphatic rings. The Hall–Kier alpha value is -2.68. The minimum absolute atomic E-state index is 0.0987. The lowest BCUT2D eigenvalue weighted by Gasteiger charge is -2.27. The maximum Gasteiger partial charge on any atom is 0.471 e. The van der Waals surface area contributed by atoms with Gasteiger partial charge in [-0.3, -0.25) is 9.78 Å². The summed E-state index contributed by atoms with van der Waals surface area (Å²) in [7, 11) is 0. The fourth-order valence-electron chi connectivity index (χ4n) is 2.13. The van der Waals surface area contributed by atoms with Gasteiger partial charge in [0.25, 0.3) is 0 Å². The molecule has 1 aromatic heterocycles. The molecule has 0 spiro atoms. The number of amides is 1. The third-order valence-corrected chi connectivity index (χ3v) is 3.55. The van der Waals surface area contributed by atoms with E-state index >= 15 is 0 Å². The molecule has 0 aliphatic carbocycles. The van der Waals surface area contributed by atoms with Crippen LogP contribution in [0.25, 0.3) is 11.3 Å². The fourth-order valence-corrected chi connectivity index (χ4v) is 2.13. The number of aromatic nitrogens is 1. The standard InChI is InChI=1S/C16H13F4N3O2/c17-12-5-9(1-3-14(12)23-15(24)16(18,19)20)13-4-2-10(8-22-13)25-11-6-21-7-11/h1-5,8,11,21H,6-7H2,(H,23,24). The molecule has 2 heterocycles. The Bertz CT molecular complexity index is 774. The van der Waals surface area contributed by atoms with Gasteiger partial charge in [-0.2, -0.15) is 13.2 Å². The second kappa shape index (κ2) is 6.67. The van der Waals surface area contributed by atoms with Crippen molar-refractivity contribution in [1.29, 1.82) is 0 Å². The highest BCUT2D eigenvalue weighted by atomic mass is 19.4. The van der Waals surface area contributed by atoms with Crippen molar-refractivity contribution in [3.63, 3.8) is 0 Å². The molecule has 2 N–H and O–H groups in total. The monoisotopic (exact) mass is 355 g/mol. The summed E-state index contributed by atoms with van der Waals surface area (Å²) in [6, 6.07) is 6.72. The molecule has 1 amide bonds. The van der Waals surface area contributed by atoms with E-state index < -0.39 is 23.6 Å². The Labute approximate surface area is 140 Å². The third kappa shape index (κ3) is 4.05. The highest BCUT2D eigenvalue weighted by Gasteiger charge is 2.39. The SMILES string of the molecule is O=C(Nc1ccc(-c2ccc(OC3CNC3)cn2)cc1F)C(F)(F)F. The van der Waals surface area contributed by atoms with Gasteiger partial charge in [0, 0.05) is 18.7 Å². The molecule has 3 rings (SSSR count). The van der Waals surface area contributed by atoms with Gasteiger partial charge in [-0.1, -0.05) is 6.07 Å². The van der Waals surface area contributed by atoms with Crippen molar-refractivity contribution in [2.45, 2.75) is 12.3 Å². The number of pyridine rings is 1. The molecule has 1 aliphatic heterocycles. The lowest BCUT2D eigenvalue weighted by atomic mass is 10.1. The first-order chi connectivity index (χ1) is 11.8. The van der Waals surface area contributed by atoms with Gasteiger partial charge in [0.05, 0.1) is 17.6 Å². The minimum Gasteiger partial charge on any atom is -0.486 e. The maximum atomic E-state index is 13.9. The molecule has 0 radical (unpaired) electrons. The second-order valence-electron chi connectivity index (χ2n) is 5.42. The van der Waals surface area contributed by atoms with Crippen LogP contribution < -0.4 is 15.4 Å². The number of nitrogens with one attached hydrogen (secondary N) is 2. The van der Waals surface area contributed by atoms with Gasteiger partial charge in [-0.25, -0.2) is 4.39 Å². The van der Waals surface area contributed by atoms with E-state index in [1.165, 1.54) is 17.6 Å². The summed E-state index contributed by atoms with van der Waals surface area (Å²) >= 11 is 0. The van der Waals surface area contributed by atoms with Crippen LogP contribution in [0, 0.1) is 5.82 Å². The van der Waals surface area contributed by atoms with Gasteiger partial charge in [0.2, 0.25) is 0 Å². The average Bonchev–Trinajstić information content (AvgIpc) is 2.52. The zero-order chi connectivity index (χ0) is 18.0. The van der Waals surface area contributed by atoms with Crippen LogP contribution in [0.1, 0.15) is 0 Å². The number of nitrogens with zero attached hydrogens (tertiary/aromatic N) is 1. The van der Waals surface area contributed by atoms with Crippen LogP contribution in [0.5, 0.6) is 5.75 Å². The summed E-state index contributed by atoms with van der Waals surface area (Å²) in [5.41, 5.74) is 0.231. The highest BCUT2D eigenvalue weighted by Crippen LogP contribution is 2.26. The molecule has 0 unspecified atom stereocenters. The van der Waals surface area contributed by atoms with Crippen LogP contribution >= 0.6 is 0 Å². The van der Waals surface area contributed by atoms with Crippen molar-refractivity contribution >= 4 is 11.6 Å². The molecule has 0 atom stereocenters.